The maximum absolute atomic E-state index is 13.6. The monoisotopic (exact) mass is 352 g/mol. The second-order valence-corrected chi connectivity index (χ2v) is 5.59. The largest absolute Gasteiger partial charge is 0.349 e. The van der Waals surface area contributed by atoms with Crippen molar-refractivity contribution in [2.75, 3.05) is 5.32 Å². The molecule has 0 spiro atoms. The number of halogens is 3. The zero-order chi connectivity index (χ0) is 17.7. The molecule has 2 N–H and O–H groups in total. The Kier molecular flexibility index (Phi) is 5.87. The van der Waals surface area contributed by atoms with E-state index in [0.717, 1.165) is 12.1 Å². The van der Waals surface area contributed by atoms with Crippen molar-refractivity contribution in [3.05, 3.63) is 64.7 Å². The summed E-state index contributed by atoms with van der Waals surface area (Å²) in [6.45, 7) is 1.32. The standard InChI is InChI=1S/C17H15ClF2N2O2/c1-10(23)21-15(11-5-7-12(18)8-6-11)9-16(24)22-17-13(19)3-2-4-14(17)20/h2-8,15H,9H2,1H3,(H,21,23)(H,22,24). The van der Waals surface area contributed by atoms with Gasteiger partial charge in [0.1, 0.15) is 17.3 Å². The van der Waals surface area contributed by atoms with E-state index in [-0.39, 0.29) is 12.3 Å². The highest BCUT2D eigenvalue weighted by Gasteiger charge is 2.19. The molecule has 0 saturated heterocycles. The normalized spacial score (nSPS) is 11.7. The van der Waals surface area contributed by atoms with Gasteiger partial charge < -0.3 is 10.6 Å². The van der Waals surface area contributed by atoms with Crippen molar-refractivity contribution in [1.82, 2.24) is 5.32 Å². The lowest BCUT2D eigenvalue weighted by atomic mass is 10.0. The van der Waals surface area contributed by atoms with Gasteiger partial charge >= 0.3 is 0 Å². The Bertz CT molecular complexity index is 731. The van der Waals surface area contributed by atoms with Crippen LogP contribution in [0.4, 0.5) is 14.5 Å². The van der Waals surface area contributed by atoms with Gasteiger partial charge in [-0.05, 0) is 29.8 Å². The molecule has 0 aliphatic heterocycles. The van der Waals surface area contributed by atoms with Crippen molar-refractivity contribution in [3.63, 3.8) is 0 Å². The lowest BCUT2D eigenvalue weighted by Crippen LogP contribution is -2.30. The lowest BCUT2D eigenvalue weighted by molar-refractivity contribution is -0.120. The molecule has 0 heterocycles. The number of rotatable bonds is 5. The van der Waals surface area contributed by atoms with Crippen molar-refractivity contribution in [2.45, 2.75) is 19.4 Å². The summed E-state index contributed by atoms with van der Waals surface area (Å²) in [4.78, 5) is 23.5. The first-order valence-electron chi connectivity index (χ1n) is 7.13. The number of hydrogen-bond donors (Lipinski definition) is 2. The van der Waals surface area contributed by atoms with Crippen molar-refractivity contribution < 1.29 is 18.4 Å². The summed E-state index contributed by atoms with van der Waals surface area (Å²) in [7, 11) is 0. The molecule has 2 aromatic rings. The number of carbonyl (C=O) groups excluding carboxylic acids is 2. The minimum atomic E-state index is -0.870. The topological polar surface area (TPSA) is 58.2 Å². The SMILES string of the molecule is CC(=O)NC(CC(=O)Nc1c(F)cccc1F)c1ccc(Cl)cc1. The summed E-state index contributed by atoms with van der Waals surface area (Å²) < 4.78 is 27.2. The fraction of sp³-hybridized carbons (Fsp3) is 0.176. The molecule has 126 valence electrons. The predicted molar refractivity (Wildman–Crippen MR) is 87.6 cm³/mol. The highest BCUT2D eigenvalue weighted by molar-refractivity contribution is 6.30. The Balaban J connectivity index is 2.15. The summed E-state index contributed by atoms with van der Waals surface area (Å²) in [6, 6.07) is 9.23. The summed E-state index contributed by atoms with van der Waals surface area (Å²) >= 11 is 5.82. The average Bonchev–Trinajstić information content (AvgIpc) is 2.51. The van der Waals surface area contributed by atoms with E-state index >= 15 is 0 Å². The van der Waals surface area contributed by atoms with E-state index in [0.29, 0.717) is 10.6 Å². The van der Waals surface area contributed by atoms with Crippen LogP contribution in [0.2, 0.25) is 5.02 Å². The van der Waals surface area contributed by atoms with E-state index < -0.39 is 29.3 Å². The Morgan fingerprint density at radius 1 is 1.08 bits per heavy atom. The van der Waals surface area contributed by atoms with E-state index in [1.807, 2.05) is 0 Å². The van der Waals surface area contributed by atoms with Crippen LogP contribution in [0, 0.1) is 11.6 Å². The zero-order valence-electron chi connectivity index (χ0n) is 12.8. The van der Waals surface area contributed by atoms with Crippen molar-refractivity contribution >= 4 is 29.1 Å². The molecule has 4 nitrogen and oxygen atoms in total. The van der Waals surface area contributed by atoms with Crippen LogP contribution >= 0.6 is 11.6 Å². The van der Waals surface area contributed by atoms with Crippen molar-refractivity contribution in [1.29, 1.82) is 0 Å². The Hall–Kier alpha value is -2.47. The second-order valence-electron chi connectivity index (χ2n) is 5.15. The number of para-hydroxylation sites is 1. The van der Waals surface area contributed by atoms with Crippen molar-refractivity contribution in [2.24, 2.45) is 0 Å². The van der Waals surface area contributed by atoms with E-state index in [2.05, 4.69) is 10.6 Å². The highest BCUT2D eigenvalue weighted by atomic mass is 35.5. The third-order valence-corrected chi connectivity index (χ3v) is 3.52. The molecule has 7 heteroatoms. The van der Waals surface area contributed by atoms with Gasteiger partial charge in [0, 0.05) is 11.9 Å². The molecule has 0 saturated carbocycles. The molecule has 0 aliphatic carbocycles. The molecule has 2 rings (SSSR count). The molecule has 2 aromatic carbocycles. The van der Waals surface area contributed by atoms with E-state index in [4.69, 9.17) is 11.6 Å². The van der Waals surface area contributed by atoms with Crippen LogP contribution in [0.25, 0.3) is 0 Å². The van der Waals surface area contributed by atoms with Crippen LogP contribution in [-0.2, 0) is 9.59 Å². The van der Waals surface area contributed by atoms with Crippen LogP contribution in [0.1, 0.15) is 24.9 Å². The molecule has 0 aliphatic rings. The van der Waals surface area contributed by atoms with E-state index in [9.17, 15) is 18.4 Å². The third kappa shape index (κ3) is 4.76. The Labute approximate surface area is 142 Å². The van der Waals surface area contributed by atoms with Gasteiger partial charge in [0.2, 0.25) is 11.8 Å². The van der Waals surface area contributed by atoms with Gasteiger partial charge in [-0.3, -0.25) is 9.59 Å². The number of anilines is 1. The molecule has 1 atom stereocenters. The first-order chi connectivity index (χ1) is 11.4. The minimum Gasteiger partial charge on any atom is -0.349 e. The molecule has 1 unspecified atom stereocenters. The molecular formula is C17H15ClF2N2O2. The molecule has 24 heavy (non-hydrogen) atoms. The van der Waals surface area contributed by atoms with Crippen LogP contribution < -0.4 is 10.6 Å². The fourth-order valence-electron chi connectivity index (χ4n) is 2.19. The zero-order valence-corrected chi connectivity index (χ0v) is 13.5. The van der Waals surface area contributed by atoms with E-state index in [1.54, 1.807) is 24.3 Å². The Morgan fingerprint density at radius 2 is 1.67 bits per heavy atom. The number of benzene rings is 2. The number of hydrogen-bond acceptors (Lipinski definition) is 2. The minimum absolute atomic E-state index is 0.186. The molecular weight excluding hydrogens is 338 g/mol. The number of nitrogens with one attached hydrogen (secondary N) is 2. The summed E-state index contributed by atoms with van der Waals surface area (Å²) in [6.07, 6.45) is -0.186. The molecule has 2 amide bonds. The van der Waals surface area contributed by atoms with Gasteiger partial charge in [-0.25, -0.2) is 8.78 Å². The van der Waals surface area contributed by atoms with E-state index in [1.165, 1.54) is 13.0 Å². The first-order valence-corrected chi connectivity index (χ1v) is 7.51. The summed E-state index contributed by atoms with van der Waals surface area (Å²) in [5, 5.41) is 5.34. The molecule has 0 aromatic heterocycles. The van der Waals surface area contributed by atoms with Crippen LogP contribution in [-0.4, -0.2) is 11.8 Å². The van der Waals surface area contributed by atoms with Gasteiger partial charge in [-0.1, -0.05) is 29.8 Å². The maximum atomic E-state index is 13.6. The molecule has 0 bridgehead atoms. The lowest BCUT2D eigenvalue weighted by Gasteiger charge is -2.18. The van der Waals surface area contributed by atoms with Gasteiger partial charge in [-0.2, -0.15) is 0 Å². The fourth-order valence-corrected chi connectivity index (χ4v) is 2.31. The summed E-state index contributed by atoms with van der Waals surface area (Å²) in [5.74, 6) is -2.70. The van der Waals surface area contributed by atoms with Gasteiger partial charge in [0.05, 0.1) is 12.5 Å². The average molecular weight is 353 g/mol. The predicted octanol–water partition coefficient (Wildman–Crippen LogP) is 3.82. The van der Waals surface area contributed by atoms with Gasteiger partial charge in [-0.15, -0.1) is 0 Å². The smallest absolute Gasteiger partial charge is 0.226 e. The van der Waals surface area contributed by atoms with Crippen molar-refractivity contribution in [3.8, 4) is 0 Å². The third-order valence-electron chi connectivity index (χ3n) is 3.27. The van der Waals surface area contributed by atoms with Gasteiger partial charge in [0.25, 0.3) is 0 Å². The van der Waals surface area contributed by atoms with Crippen LogP contribution in [0.5, 0.6) is 0 Å². The van der Waals surface area contributed by atoms with Gasteiger partial charge in [0.15, 0.2) is 0 Å². The maximum Gasteiger partial charge on any atom is 0.226 e. The van der Waals surface area contributed by atoms with Crippen LogP contribution in [0.15, 0.2) is 42.5 Å². The highest BCUT2D eigenvalue weighted by Crippen LogP contribution is 2.22. The molecule has 0 fully saturated rings. The Morgan fingerprint density at radius 3 is 2.21 bits per heavy atom. The molecule has 0 radical (unpaired) electrons. The number of carbonyl (C=O) groups is 2. The van der Waals surface area contributed by atoms with Crippen LogP contribution in [0.3, 0.4) is 0 Å². The second kappa shape index (κ2) is 7.88. The quantitative estimate of drug-likeness (QED) is 0.859. The first kappa shape index (κ1) is 17.9. The summed E-state index contributed by atoms with van der Waals surface area (Å²) in [5.41, 5.74) is 0.138. The number of amides is 2.